The summed E-state index contributed by atoms with van der Waals surface area (Å²) < 4.78 is 0. The normalized spacial score (nSPS) is 12.7. The number of H-pyrrole nitrogens is 1. The summed E-state index contributed by atoms with van der Waals surface area (Å²) in [4.78, 5) is 43.1. The van der Waals surface area contributed by atoms with Crippen molar-refractivity contribution in [3.8, 4) is 22.8 Å². The van der Waals surface area contributed by atoms with E-state index in [1.54, 1.807) is 48.8 Å². The average molecular weight is 416 g/mol. The Balaban J connectivity index is 1.50. The standard InChI is InChI=1S/C26H16N4O2/c1-14-8-10-27-20(12-14)21-13-15(9-11-28-21)26-29-19-7-6-18-22(23(19)30-26)25(32)17-5-3-2-4-16(17)24(18)31/h2-13H,1H3,(H,29,30). The second-order valence-corrected chi connectivity index (χ2v) is 7.82. The highest BCUT2D eigenvalue weighted by Gasteiger charge is 2.32. The number of carbonyl (C=O) groups is 2. The zero-order valence-corrected chi connectivity index (χ0v) is 17.1. The van der Waals surface area contributed by atoms with Gasteiger partial charge in [-0.1, -0.05) is 24.3 Å². The first-order valence-electron chi connectivity index (χ1n) is 10.2. The van der Waals surface area contributed by atoms with E-state index in [9.17, 15) is 9.59 Å². The van der Waals surface area contributed by atoms with Crippen LogP contribution in [0.3, 0.4) is 0 Å². The largest absolute Gasteiger partial charge is 0.338 e. The van der Waals surface area contributed by atoms with Crippen LogP contribution >= 0.6 is 0 Å². The van der Waals surface area contributed by atoms with Gasteiger partial charge in [0, 0.05) is 34.6 Å². The molecule has 2 aromatic carbocycles. The molecule has 0 aliphatic heterocycles. The van der Waals surface area contributed by atoms with Crippen molar-refractivity contribution in [2.45, 2.75) is 6.92 Å². The molecular weight excluding hydrogens is 400 g/mol. The molecule has 1 N–H and O–H groups in total. The molecule has 0 saturated heterocycles. The number of rotatable bonds is 2. The van der Waals surface area contributed by atoms with Gasteiger partial charge in [0.25, 0.3) is 0 Å². The number of imidazole rings is 1. The summed E-state index contributed by atoms with van der Waals surface area (Å²) in [5, 5.41) is 0. The van der Waals surface area contributed by atoms with E-state index in [4.69, 9.17) is 4.98 Å². The van der Waals surface area contributed by atoms with E-state index in [2.05, 4.69) is 15.0 Å². The lowest BCUT2D eigenvalue weighted by Crippen LogP contribution is -2.21. The second-order valence-electron chi connectivity index (χ2n) is 7.82. The lowest BCUT2D eigenvalue weighted by atomic mass is 9.83. The number of nitrogens with zero attached hydrogens (tertiary/aromatic N) is 3. The summed E-state index contributed by atoms with van der Waals surface area (Å²) in [5.41, 5.74) is 6.21. The molecule has 0 radical (unpaired) electrons. The van der Waals surface area contributed by atoms with Gasteiger partial charge in [0.2, 0.25) is 0 Å². The minimum atomic E-state index is -0.182. The molecule has 0 atom stereocenters. The van der Waals surface area contributed by atoms with Gasteiger partial charge in [0.15, 0.2) is 11.6 Å². The van der Waals surface area contributed by atoms with Gasteiger partial charge in [-0.25, -0.2) is 4.98 Å². The number of aromatic amines is 1. The van der Waals surface area contributed by atoms with Gasteiger partial charge < -0.3 is 4.98 Å². The first-order valence-corrected chi connectivity index (χ1v) is 10.2. The minimum absolute atomic E-state index is 0.154. The van der Waals surface area contributed by atoms with Crippen molar-refractivity contribution in [3.63, 3.8) is 0 Å². The highest BCUT2D eigenvalue weighted by Crippen LogP contribution is 2.33. The van der Waals surface area contributed by atoms with Crippen molar-refractivity contribution < 1.29 is 9.59 Å². The van der Waals surface area contributed by atoms with Crippen molar-refractivity contribution in [2.24, 2.45) is 0 Å². The zero-order chi connectivity index (χ0) is 21.8. The molecular formula is C26H16N4O2. The summed E-state index contributed by atoms with van der Waals surface area (Å²) in [5.74, 6) is 0.264. The van der Waals surface area contributed by atoms with Gasteiger partial charge in [-0.05, 0) is 48.9 Å². The van der Waals surface area contributed by atoms with E-state index in [1.165, 1.54) is 0 Å². The van der Waals surface area contributed by atoms with Crippen LogP contribution < -0.4 is 0 Å². The molecule has 0 amide bonds. The molecule has 152 valence electrons. The van der Waals surface area contributed by atoms with E-state index >= 15 is 0 Å². The Kier molecular flexibility index (Phi) is 3.89. The second kappa shape index (κ2) is 6.78. The maximum atomic E-state index is 13.3. The van der Waals surface area contributed by atoms with Crippen molar-refractivity contribution in [1.82, 2.24) is 19.9 Å². The Morgan fingerprint density at radius 1 is 0.750 bits per heavy atom. The smallest absolute Gasteiger partial charge is 0.196 e. The maximum absolute atomic E-state index is 13.3. The Hall–Kier alpha value is -4.45. The van der Waals surface area contributed by atoms with Gasteiger partial charge in [-0.2, -0.15) is 0 Å². The topological polar surface area (TPSA) is 88.6 Å². The van der Waals surface area contributed by atoms with Crippen LogP contribution in [-0.4, -0.2) is 31.5 Å². The molecule has 5 aromatic rings. The van der Waals surface area contributed by atoms with Crippen LogP contribution in [0.5, 0.6) is 0 Å². The Morgan fingerprint density at radius 3 is 2.25 bits per heavy atom. The number of aryl methyl sites for hydroxylation is 1. The summed E-state index contributed by atoms with van der Waals surface area (Å²) in [7, 11) is 0. The summed E-state index contributed by atoms with van der Waals surface area (Å²) in [6.45, 7) is 2.01. The molecule has 0 unspecified atom stereocenters. The average Bonchev–Trinajstić information content (AvgIpc) is 3.27. The van der Waals surface area contributed by atoms with Crippen molar-refractivity contribution in [1.29, 1.82) is 0 Å². The number of hydrogen-bond donors (Lipinski definition) is 1. The van der Waals surface area contributed by atoms with Crippen LogP contribution in [-0.2, 0) is 0 Å². The molecule has 0 saturated carbocycles. The quantitative estimate of drug-likeness (QED) is 0.439. The Labute approximate surface area is 183 Å². The number of pyridine rings is 2. The van der Waals surface area contributed by atoms with Gasteiger partial charge in [-0.15, -0.1) is 0 Å². The van der Waals surface area contributed by atoms with Gasteiger partial charge >= 0.3 is 0 Å². The third kappa shape index (κ3) is 2.70. The first kappa shape index (κ1) is 18.3. The van der Waals surface area contributed by atoms with E-state index in [-0.39, 0.29) is 11.6 Å². The van der Waals surface area contributed by atoms with Gasteiger partial charge in [0.05, 0.1) is 22.5 Å². The fourth-order valence-corrected chi connectivity index (χ4v) is 4.18. The number of hydrogen-bond acceptors (Lipinski definition) is 5. The number of aromatic nitrogens is 4. The molecule has 6 nitrogen and oxygen atoms in total. The van der Waals surface area contributed by atoms with E-state index in [0.29, 0.717) is 39.1 Å². The lowest BCUT2D eigenvalue weighted by Gasteiger charge is -2.17. The van der Waals surface area contributed by atoms with Crippen LogP contribution in [0.15, 0.2) is 73.1 Å². The number of fused-ring (bicyclic) bond motifs is 4. The molecule has 0 spiro atoms. The number of ketones is 2. The molecule has 6 heteroatoms. The molecule has 3 aromatic heterocycles. The van der Waals surface area contributed by atoms with Crippen LogP contribution in [0.2, 0.25) is 0 Å². The van der Waals surface area contributed by atoms with Crippen LogP contribution in [0.25, 0.3) is 33.8 Å². The zero-order valence-electron chi connectivity index (χ0n) is 17.1. The van der Waals surface area contributed by atoms with E-state index in [1.807, 2.05) is 31.2 Å². The van der Waals surface area contributed by atoms with Crippen LogP contribution in [0, 0.1) is 6.92 Å². The summed E-state index contributed by atoms with van der Waals surface area (Å²) in [6.07, 6.45) is 3.47. The summed E-state index contributed by atoms with van der Waals surface area (Å²) in [6, 6.07) is 18.1. The van der Waals surface area contributed by atoms with Crippen molar-refractivity contribution in [2.75, 3.05) is 0 Å². The highest BCUT2D eigenvalue weighted by atomic mass is 16.1. The van der Waals surface area contributed by atoms with Crippen molar-refractivity contribution in [3.05, 3.63) is 101 Å². The molecule has 6 rings (SSSR count). The SMILES string of the molecule is Cc1ccnc(-c2cc(-c3nc4c5c(ccc4[nH]3)C(=O)c3ccccc3C5=O)ccn2)c1. The van der Waals surface area contributed by atoms with Gasteiger partial charge in [-0.3, -0.25) is 19.6 Å². The van der Waals surface area contributed by atoms with E-state index < -0.39 is 0 Å². The number of nitrogens with one attached hydrogen (secondary N) is 1. The maximum Gasteiger partial charge on any atom is 0.196 e. The minimum Gasteiger partial charge on any atom is -0.338 e. The van der Waals surface area contributed by atoms with Crippen LogP contribution in [0.1, 0.15) is 37.4 Å². The molecule has 3 heterocycles. The van der Waals surface area contributed by atoms with Gasteiger partial charge in [0.1, 0.15) is 11.3 Å². The number of benzene rings is 2. The van der Waals surface area contributed by atoms with Crippen LogP contribution in [0.4, 0.5) is 0 Å². The summed E-state index contributed by atoms with van der Waals surface area (Å²) >= 11 is 0. The first-order chi connectivity index (χ1) is 15.6. The molecule has 0 fully saturated rings. The predicted octanol–water partition coefficient (Wildman–Crippen LogP) is 4.77. The molecule has 0 bridgehead atoms. The molecule has 1 aliphatic carbocycles. The lowest BCUT2D eigenvalue weighted by molar-refractivity contribution is 0.0980. The highest BCUT2D eigenvalue weighted by molar-refractivity contribution is 6.31. The number of carbonyl (C=O) groups excluding carboxylic acids is 2. The predicted molar refractivity (Wildman–Crippen MR) is 121 cm³/mol. The fourth-order valence-electron chi connectivity index (χ4n) is 4.18. The Morgan fingerprint density at radius 2 is 1.47 bits per heavy atom. The Bertz CT molecular complexity index is 1580. The molecule has 32 heavy (non-hydrogen) atoms. The third-order valence-electron chi connectivity index (χ3n) is 5.75. The fraction of sp³-hybridized carbons (Fsp3) is 0.0385. The van der Waals surface area contributed by atoms with Crippen molar-refractivity contribution >= 4 is 22.6 Å². The monoisotopic (exact) mass is 416 g/mol. The third-order valence-corrected chi connectivity index (χ3v) is 5.75. The van der Waals surface area contributed by atoms with E-state index in [0.717, 1.165) is 22.5 Å². The molecule has 1 aliphatic rings.